The predicted octanol–water partition coefficient (Wildman–Crippen LogP) is 3.12. The molecule has 0 saturated heterocycles. The fourth-order valence-corrected chi connectivity index (χ4v) is 2.00. The maximum absolute atomic E-state index is 12.5. The van der Waals surface area contributed by atoms with Crippen LogP contribution in [0.1, 0.15) is 33.3 Å². The van der Waals surface area contributed by atoms with Crippen molar-refractivity contribution in [1.82, 2.24) is 0 Å². The molecule has 0 amide bonds. The van der Waals surface area contributed by atoms with Gasteiger partial charge < -0.3 is 9.47 Å². The summed E-state index contributed by atoms with van der Waals surface area (Å²) in [7, 11) is 0. The van der Waals surface area contributed by atoms with Crippen molar-refractivity contribution < 1.29 is 14.3 Å². The summed E-state index contributed by atoms with van der Waals surface area (Å²) in [6.07, 6.45) is 0. The highest BCUT2D eigenvalue weighted by Gasteiger charge is 2.48. The fourth-order valence-electron chi connectivity index (χ4n) is 2.00. The molecule has 0 bridgehead atoms. The van der Waals surface area contributed by atoms with Crippen molar-refractivity contribution in [1.29, 1.82) is 0 Å². The number of rotatable bonds is 3. The van der Waals surface area contributed by atoms with Crippen LogP contribution in [0.2, 0.25) is 0 Å². The van der Waals surface area contributed by atoms with E-state index >= 15 is 0 Å². The zero-order valence-corrected chi connectivity index (χ0v) is 13.0. The first-order chi connectivity index (χ1) is 9.74. The summed E-state index contributed by atoms with van der Waals surface area (Å²) in [4.78, 5) is 17.0. The second kappa shape index (κ2) is 5.35. The Labute approximate surface area is 125 Å². The Balaban J connectivity index is 2.36. The van der Waals surface area contributed by atoms with E-state index in [0.29, 0.717) is 11.5 Å². The third-order valence-electron chi connectivity index (χ3n) is 3.17. The summed E-state index contributed by atoms with van der Waals surface area (Å²) in [5, 5.41) is 0. The molecule has 1 aromatic rings. The second-order valence-corrected chi connectivity index (χ2v) is 6.21. The molecule has 112 valence electrons. The van der Waals surface area contributed by atoms with Gasteiger partial charge in [-0.1, -0.05) is 24.8 Å². The van der Waals surface area contributed by atoms with Crippen molar-refractivity contribution in [3.8, 4) is 0 Å². The van der Waals surface area contributed by atoms with E-state index in [9.17, 15) is 4.79 Å². The van der Waals surface area contributed by atoms with E-state index in [4.69, 9.17) is 9.47 Å². The van der Waals surface area contributed by atoms with Gasteiger partial charge in [-0.2, -0.15) is 0 Å². The van der Waals surface area contributed by atoms with Gasteiger partial charge in [0.1, 0.15) is 12.2 Å². The minimum atomic E-state index is -1.15. The lowest BCUT2D eigenvalue weighted by Gasteiger charge is -2.28. The van der Waals surface area contributed by atoms with Crippen LogP contribution in [0.25, 0.3) is 0 Å². The van der Waals surface area contributed by atoms with Crippen LogP contribution in [0.5, 0.6) is 0 Å². The summed E-state index contributed by atoms with van der Waals surface area (Å²) < 4.78 is 11.1. The van der Waals surface area contributed by atoms with E-state index in [2.05, 4.69) is 11.6 Å². The Morgan fingerprint density at radius 2 is 1.95 bits per heavy atom. The summed E-state index contributed by atoms with van der Waals surface area (Å²) >= 11 is 0. The molecule has 4 nitrogen and oxygen atoms in total. The lowest BCUT2D eigenvalue weighted by Crippen LogP contribution is -2.44. The van der Waals surface area contributed by atoms with Crippen LogP contribution in [0.4, 0.5) is 0 Å². The van der Waals surface area contributed by atoms with Gasteiger partial charge in [0.05, 0.1) is 0 Å². The average Bonchev–Trinajstić information content (AvgIpc) is 2.84. The van der Waals surface area contributed by atoms with E-state index in [1.807, 2.05) is 51.1 Å². The van der Waals surface area contributed by atoms with E-state index in [0.717, 1.165) is 5.56 Å². The SMILES string of the molecule is C=C(C)[C@@]1(C(=O)OC(C)(C)C)COC(c2ccccc2)=N1. The molecule has 4 heteroatoms. The first-order valence-corrected chi connectivity index (χ1v) is 6.92. The molecule has 1 aromatic carbocycles. The normalized spacial score (nSPS) is 21.4. The highest BCUT2D eigenvalue weighted by molar-refractivity contribution is 6.00. The van der Waals surface area contributed by atoms with Crippen LogP contribution in [0.15, 0.2) is 47.5 Å². The van der Waals surface area contributed by atoms with Crippen LogP contribution in [-0.4, -0.2) is 29.6 Å². The van der Waals surface area contributed by atoms with Gasteiger partial charge in [0.25, 0.3) is 0 Å². The predicted molar refractivity (Wildman–Crippen MR) is 82.3 cm³/mol. The van der Waals surface area contributed by atoms with Crippen LogP contribution in [0.3, 0.4) is 0 Å². The molecule has 1 atom stereocenters. The molecule has 0 aromatic heterocycles. The third kappa shape index (κ3) is 3.15. The molecule has 1 aliphatic rings. The molecule has 0 spiro atoms. The highest BCUT2D eigenvalue weighted by atomic mass is 16.6. The van der Waals surface area contributed by atoms with Gasteiger partial charge in [0.2, 0.25) is 11.4 Å². The zero-order chi connectivity index (χ0) is 15.7. The smallest absolute Gasteiger partial charge is 0.342 e. The summed E-state index contributed by atoms with van der Waals surface area (Å²) in [6.45, 7) is 11.3. The van der Waals surface area contributed by atoms with Gasteiger partial charge in [0.15, 0.2) is 0 Å². The molecule has 0 unspecified atom stereocenters. The van der Waals surface area contributed by atoms with E-state index in [1.54, 1.807) is 6.92 Å². The standard InChI is InChI=1S/C17H21NO3/c1-12(2)17(15(19)21-16(3,4)5)11-20-14(18-17)13-9-7-6-8-10-13/h6-10H,1,11H2,2-5H3/t17-/m1/s1. The third-order valence-corrected chi connectivity index (χ3v) is 3.17. The van der Waals surface area contributed by atoms with Crippen molar-refractivity contribution in [3.63, 3.8) is 0 Å². The van der Waals surface area contributed by atoms with Crippen LogP contribution in [0, 0.1) is 0 Å². The maximum Gasteiger partial charge on any atom is 0.342 e. The number of carbonyl (C=O) groups excluding carboxylic acids is 1. The van der Waals surface area contributed by atoms with Crippen molar-refractivity contribution in [2.75, 3.05) is 6.61 Å². The van der Waals surface area contributed by atoms with Crippen molar-refractivity contribution >= 4 is 11.9 Å². The van der Waals surface area contributed by atoms with Crippen molar-refractivity contribution in [3.05, 3.63) is 48.0 Å². The summed E-state index contributed by atoms with van der Waals surface area (Å²) in [6, 6.07) is 9.49. The van der Waals surface area contributed by atoms with Gasteiger partial charge in [-0.25, -0.2) is 9.79 Å². The highest BCUT2D eigenvalue weighted by Crippen LogP contribution is 2.31. The topological polar surface area (TPSA) is 47.9 Å². The van der Waals surface area contributed by atoms with Crippen LogP contribution < -0.4 is 0 Å². The molecule has 1 heterocycles. The number of hydrogen-bond acceptors (Lipinski definition) is 4. The zero-order valence-electron chi connectivity index (χ0n) is 13.0. The van der Waals surface area contributed by atoms with Gasteiger partial charge in [-0.05, 0) is 45.4 Å². The Morgan fingerprint density at radius 3 is 2.48 bits per heavy atom. The van der Waals surface area contributed by atoms with E-state index in [-0.39, 0.29) is 6.61 Å². The molecule has 21 heavy (non-hydrogen) atoms. The monoisotopic (exact) mass is 287 g/mol. The fraction of sp³-hybridized carbons (Fsp3) is 0.412. The molecule has 0 N–H and O–H groups in total. The summed E-state index contributed by atoms with van der Waals surface area (Å²) in [5.41, 5.74) is -0.282. The number of esters is 1. The van der Waals surface area contributed by atoms with E-state index in [1.165, 1.54) is 0 Å². The number of benzene rings is 1. The van der Waals surface area contributed by atoms with Crippen molar-refractivity contribution in [2.45, 2.75) is 38.8 Å². The number of hydrogen-bond donors (Lipinski definition) is 0. The van der Waals surface area contributed by atoms with Gasteiger partial charge in [-0.15, -0.1) is 0 Å². The number of nitrogens with zero attached hydrogens (tertiary/aromatic N) is 1. The van der Waals surface area contributed by atoms with Gasteiger partial charge in [-0.3, -0.25) is 0 Å². The van der Waals surface area contributed by atoms with Gasteiger partial charge in [0, 0.05) is 5.56 Å². The second-order valence-electron chi connectivity index (χ2n) is 6.21. The van der Waals surface area contributed by atoms with Gasteiger partial charge >= 0.3 is 5.97 Å². The number of ether oxygens (including phenoxy) is 2. The first kappa shape index (κ1) is 15.3. The molecule has 2 rings (SSSR count). The molecule has 1 aliphatic heterocycles. The Kier molecular flexibility index (Phi) is 3.90. The molecule has 0 radical (unpaired) electrons. The number of aliphatic imine (C=N–C) groups is 1. The number of carbonyl (C=O) groups is 1. The molecule has 0 saturated carbocycles. The Bertz CT molecular complexity index is 584. The quantitative estimate of drug-likeness (QED) is 0.634. The Morgan fingerprint density at radius 1 is 1.33 bits per heavy atom. The molecular formula is C17H21NO3. The van der Waals surface area contributed by atoms with Crippen LogP contribution >= 0.6 is 0 Å². The largest absolute Gasteiger partial charge is 0.474 e. The molecule has 0 fully saturated rings. The maximum atomic E-state index is 12.5. The van der Waals surface area contributed by atoms with Crippen molar-refractivity contribution in [2.24, 2.45) is 4.99 Å². The summed E-state index contributed by atoms with van der Waals surface area (Å²) in [5.74, 6) is 0.0258. The van der Waals surface area contributed by atoms with Crippen LogP contribution in [-0.2, 0) is 14.3 Å². The molecule has 0 aliphatic carbocycles. The molecular weight excluding hydrogens is 266 g/mol. The minimum Gasteiger partial charge on any atom is -0.474 e. The first-order valence-electron chi connectivity index (χ1n) is 6.92. The van der Waals surface area contributed by atoms with E-state index < -0.39 is 17.1 Å². The minimum absolute atomic E-state index is 0.126. The Hall–Kier alpha value is -2.10. The average molecular weight is 287 g/mol. The lowest BCUT2D eigenvalue weighted by molar-refractivity contribution is -0.160. The lowest BCUT2D eigenvalue weighted by atomic mass is 9.93.